The van der Waals surface area contributed by atoms with Crippen LogP contribution in [0.25, 0.3) is 22.5 Å². The summed E-state index contributed by atoms with van der Waals surface area (Å²) >= 11 is 0. The number of hydrogen-bond donors (Lipinski definition) is 1. The maximum Gasteiger partial charge on any atom is 0.221 e. The van der Waals surface area contributed by atoms with Crippen molar-refractivity contribution >= 4 is 5.95 Å². The van der Waals surface area contributed by atoms with Gasteiger partial charge in [0, 0.05) is 23.1 Å². The Morgan fingerprint density at radius 3 is 2.43 bits per heavy atom. The average Bonchev–Trinajstić information content (AvgIpc) is 2.86. The summed E-state index contributed by atoms with van der Waals surface area (Å²) in [6.45, 7) is 0. The maximum atomic E-state index is 13.1. The fourth-order valence-corrected chi connectivity index (χ4v) is 2.83. The molecule has 0 bridgehead atoms. The lowest BCUT2D eigenvalue weighted by Crippen LogP contribution is -2.01. The lowest BCUT2D eigenvalue weighted by Gasteiger charge is -2.08. The minimum absolute atomic E-state index is 0.241. The molecule has 0 amide bonds. The predicted octanol–water partition coefficient (Wildman–Crippen LogP) is 3.44. The summed E-state index contributed by atoms with van der Waals surface area (Å²) < 4.78 is 13.1. The van der Waals surface area contributed by atoms with Crippen molar-refractivity contribution in [2.75, 3.05) is 5.73 Å². The van der Waals surface area contributed by atoms with Crippen LogP contribution in [0, 0.1) is 5.82 Å². The Hall–Kier alpha value is -2.75. The molecule has 2 aromatic carbocycles. The molecule has 0 fully saturated rings. The first-order valence-electron chi connectivity index (χ1n) is 6.73. The Morgan fingerprint density at radius 1 is 0.905 bits per heavy atom. The number of anilines is 1. The van der Waals surface area contributed by atoms with Crippen molar-refractivity contribution in [1.29, 1.82) is 0 Å². The van der Waals surface area contributed by atoms with Crippen molar-refractivity contribution in [3.63, 3.8) is 0 Å². The Labute approximate surface area is 121 Å². The van der Waals surface area contributed by atoms with Gasteiger partial charge in [0.2, 0.25) is 5.95 Å². The summed E-state index contributed by atoms with van der Waals surface area (Å²) in [5, 5.41) is 0. The van der Waals surface area contributed by atoms with Gasteiger partial charge in [0.25, 0.3) is 0 Å². The molecule has 0 unspecified atom stereocenters. The third kappa shape index (κ3) is 1.88. The molecule has 4 rings (SSSR count). The number of aromatic nitrogens is 2. The van der Waals surface area contributed by atoms with Gasteiger partial charge in [0.1, 0.15) is 5.82 Å². The monoisotopic (exact) mass is 277 g/mol. The first-order valence-corrected chi connectivity index (χ1v) is 6.73. The van der Waals surface area contributed by atoms with E-state index < -0.39 is 0 Å². The standard InChI is InChI=1S/C17H12FN3/c18-12-7-5-10(6-8-12)15-14-9-11-3-1-2-4-13(11)16(14)21-17(19)20-15/h1-8H,9H2,(H2,19,20,21). The van der Waals surface area contributed by atoms with Gasteiger partial charge in [-0.15, -0.1) is 0 Å². The topological polar surface area (TPSA) is 51.8 Å². The fraction of sp³-hybridized carbons (Fsp3) is 0.0588. The maximum absolute atomic E-state index is 13.1. The molecular weight excluding hydrogens is 265 g/mol. The van der Waals surface area contributed by atoms with Crippen molar-refractivity contribution in [2.45, 2.75) is 6.42 Å². The zero-order valence-corrected chi connectivity index (χ0v) is 11.2. The van der Waals surface area contributed by atoms with Crippen LogP contribution in [0.3, 0.4) is 0 Å². The first-order chi connectivity index (χ1) is 10.2. The second-order valence-electron chi connectivity index (χ2n) is 5.10. The lowest BCUT2D eigenvalue weighted by atomic mass is 10.0. The zero-order valence-electron chi connectivity index (χ0n) is 11.2. The van der Waals surface area contributed by atoms with Gasteiger partial charge < -0.3 is 5.73 Å². The minimum atomic E-state index is -0.263. The Kier molecular flexibility index (Phi) is 2.51. The van der Waals surface area contributed by atoms with Gasteiger partial charge in [-0.25, -0.2) is 14.4 Å². The van der Waals surface area contributed by atoms with Gasteiger partial charge in [0.05, 0.1) is 11.4 Å². The second-order valence-corrected chi connectivity index (χ2v) is 5.10. The van der Waals surface area contributed by atoms with E-state index in [4.69, 9.17) is 5.73 Å². The van der Waals surface area contributed by atoms with E-state index in [2.05, 4.69) is 16.0 Å². The quantitative estimate of drug-likeness (QED) is 0.580. The largest absolute Gasteiger partial charge is 0.368 e. The molecule has 0 atom stereocenters. The number of nitrogen functional groups attached to an aromatic ring is 1. The van der Waals surface area contributed by atoms with Crippen LogP contribution in [0.5, 0.6) is 0 Å². The van der Waals surface area contributed by atoms with Gasteiger partial charge >= 0.3 is 0 Å². The number of rotatable bonds is 1. The fourth-order valence-electron chi connectivity index (χ4n) is 2.83. The minimum Gasteiger partial charge on any atom is -0.368 e. The normalized spacial score (nSPS) is 12.0. The molecule has 21 heavy (non-hydrogen) atoms. The molecule has 3 nitrogen and oxygen atoms in total. The third-order valence-electron chi connectivity index (χ3n) is 3.78. The molecule has 1 aliphatic carbocycles. The van der Waals surface area contributed by atoms with Gasteiger partial charge in [-0.2, -0.15) is 0 Å². The average molecular weight is 277 g/mol. The molecule has 1 aliphatic rings. The van der Waals surface area contributed by atoms with Crippen LogP contribution in [0.15, 0.2) is 48.5 Å². The summed E-state index contributed by atoms with van der Waals surface area (Å²) in [6, 6.07) is 14.4. The van der Waals surface area contributed by atoms with E-state index >= 15 is 0 Å². The van der Waals surface area contributed by atoms with Gasteiger partial charge in [-0.05, 0) is 29.8 Å². The molecular formula is C17H12FN3. The van der Waals surface area contributed by atoms with Crippen LogP contribution < -0.4 is 5.73 Å². The highest BCUT2D eigenvalue weighted by atomic mass is 19.1. The number of hydrogen-bond acceptors (Lipinski definition) is 3. The highest BCUT2D eigenvalue weighted by molar-refractivity contribution is 5.81. The van der Waals surface area contributed by atoms with E-state index in [1.54, 1.807) is 12.1 Å². The molecule has 0 saturated heterocycles. The first kappa shape index (κ1) is 12.0. The Morgan fingerprint density at radius 2 is 1.62 bits per heavy atom. The molecule has 3 aromatic rings. The van der Waals surface area contributed by atoms with E-state index in [1.807, 2.05) is 18.2 Å². The van der Waals surface area contributed by atoms with Gasteiger partial charge in [-0.1, -0.05) is 24.3 Å². The highest BCUT2D eigenvalue weighted by Gasteiger charge is 2.24. The SMILES string of the molecule is Nc1nc(-c2ccc(F)cc2)c2c(n1)-c1ccccc1C2. The lowest BCUT2D eigenvalue weighted by molar-refractivity contribution is 0.628. The van der Waals surface area contributed by atoms with Gasteiger partial charge in [-0.3, -0.25) is 0 Å². The smallest absolute Gasteiger partial charge is 0.221 e. The van der Waals surface area contributed by atoms with E-state index in [-0.39, 0.29) is 11.8 Å². The predicted molar refractivity (Wildman–Crippen MR) is 80.1 cm³/mol. The van der Waals surface area contributed by atoms with Crippen LogP contribution >= 0.6 is 0 Å². The van der Waals surface area contributed by atoms with E-state index in [0.29, 0.717) is 0 Å². The van der Waals surface area contributed by atoms with Crippen LogP contribution in [-0.4, -0.2) is 9.97 Å². The van der Waals surface area contributed by atoms with E-state index in [0.717, 1.165) is 34.5 Å². The summed E-state index contributed by atoms with van der Waals surface area (Å²) in [5.41, 5.74) is 11.8. The number of halogens is 1. The van der Waals surface area contributed by atoms with Crippen molar-refractivity contribution in [3.05, 3.63) is 65.5 Å². The Balaban J connectivity index is 1.95. The molecule has 1 heterocycles. The van der Waals surface area contributed by atoms with Crippen LogP contribution in [0.1, 0.15) is 11.1 Å². The molecule has 0 radical (unpaired) electrons. The molecule has 2 N–H and O–H groups in total. The summed E-state index contributed by atoms with van der Waals surface area (Å²) in [7, 11) is 0. The van der Waals surface area contributed by atoms with Crippen LogP contribution in [0.2, 0.25) is 0 Å². The van der Waals surface area contributed by atoms with Crippen LogP contribution in [0.4, 0.5) is 10.3 Å². The number of nitrogens with two attached hydrogens (primary N) is 1. The number of nitrogens with zero attached hydrogens (tertiary/aromatic N) is 2. The molecule has 4 heteroatoms. The Bertz CT molecular complexity index is 841. The molecule has 1 aromatic heterocycles. The highest BCUT2D eigenvalue weighted by Crippen LogP contribution is 2.39. The van der Waals surface area contributed by atoms with Crippen LogP contribution in [-0.2, 0) is 6.42 Å². The third-order valence-corrected chi connectivity index (χ3v) is 3.78. The van der Waals surface area contributed by atoms with Crippen molar-refractivity contribution < 1.29 is 4.39 Å². The molecule has 0 saturated carbocycles. The summed E-state index contributed by atoms with van der Waals surface area (Å²) in [5.74, 6) is -0.0227. The molecule has 0 spiro atoms. The van der Waals surface area contributed by atoms with Crippen molar-refractivity contribution in [1.82, 2.24) is 9.97 Å². The summed E-state index contributed by atoms with van der Waals surface area (Å²) in [6.07, 6.45) is 0.776. The van der Waals surface area contributed by atoms with Crippen molar-refractivity contribution in [2.24, 2.45) is 0 Å². The number of benzene rings is 2. The van der Waals surface area contributed by atoms with E-state index in [9.17, 15) is 4.39 Å². The van der Waals surface area contributed by atoms with Gasteiger partial charge in [0.15, 0.2) is 0 Å². The zero-order chi connectivity index (χ0) is 14.4. The van der Waals surface area contributed by atoms with E-state index in [1.165, 1.54) is 17.7 Å². The molecule has 0 aliphatic heterocycles. The molecule has 102 valence electrons. The number of fused-ring (bicyclic) bond motifs is 3. The second kappa shape index (κ2) is 4.38. The van der Waals surface area contributed by atoms with Crippen molar-refractivity contribution in [3.8, 4) is 22.5 Å². The summed E-state index contributed by atoms with van der Waals surface area (Å²) in [4.78, 5) is 8.76.